The van der Waals surface area contributed by atoms with Gasteiger partial charge in [-0.15, -0.1) is 0 Å². The molecule has 8 aliphatic rings. The highest BCUT2D eigenvalue weighted by molar-refractivity contribution is 6.33. The number of hydrogen-bond acceptors (Lipinski definition) is 28. The van der Waals surface area contributed by atoms with E-state index in [0.717, 1.165) is 83.9 Å². The van der Waals surface area contributed by atoms with E-state index in [9.17, 15) is 80.8 Å². The van der Waals surface area contributed by atoms with E-state index >= 15 is 24.0 Å². The van der Waals surface area contributed by atoms with Crippen LogP contribution in [0.25, 0.3) is 22.3 Å². The predicted octanol–water partition coefficient (Wildman–Crippen LogP) is 3.75. The third-order valence-corrected chi connectivity index (χ3v) is 22.2. The second kappa shape index (κ2) is 34.7. The maximum Gasteiger partial charge on any atom is 0.335 e. The van der Waals surface area contributed by atoms with Crippen molar-refractivity contribution in [1.82, 2.24) is 42.5 Å². The van der Waals surface area contributed by atoms with E-state index in [-0.39, 0.29) is 34.9 Å². The number of likely N-dealkylation sites (N-methyl/N-ethyl adjacent to an activating group) is 1. The summed E-state index contributed by atoms with van der Waals surface area (Å²) in [6.45, 7) is -1.11. The van der Waals surface area contributed by atoms with Crippen molar-refractivity contribution in [2.75, 3.05) is 13.7 Å². The van der Waals surface area contributed by atoms with E-state index in [2.05, 4.69) is 42.5 Å². The van der Waals surface area contributed by atoms with Crippen molar-refractivity contribution in [3.63, 3.8) is 0 Å². The van der Waals surface area contributed by atoms with Gasteiger partial charge in [-0.2, -0.15) is 0 Å². The van der Waals surface area contributed by atoms with Gasteiger partial charge in [-0.1, -0.05) is 108 Å². The molecule has 8 heterocycles. The highest BCUT2D eigenvalue weighted by Gasteiger charge is 2.51. The van der Waals surface area contributed by atoms with E-state index in [0.29, 0.717) is 11.1 Å². The molecule has 0 radical (unpaired) electrons. The fourth-order valence-electron chi connectivity index (χ4n) is 15.1. The number of aliphatic carboxylic acids is 2. The average molecular weight is 1720 g/mol. The van der Waals surface area contributed by atoms with Crippen molar-refractivity contribution in [3.8, 4) is 91.2 Å². The van der Waals surface area contributed by atoms with Crippen molar-refractivity contribution < 1.29 is 138 Å². The first-order valence-electron chi connectivity index (χ1n) is 37.7. The number of hydrogen-bond donors (Lipinski definition) is 21. The molecular formula is C84H76Cl2N8O28. The number of aliphatic hydroxyl groups excluding tert-OH is 7. The summed E-state index contributed by atoms with van der Waals surface area (Å²) < 4.78 is 44.3. The van der Waals surface area contributed by atoms with Crippen LogP contribution in [0.4, 0.5) is 0 Å². The second-order valence-electron chi connectivity index (χ2n) is 29.4. The molecule has 17 rings (SSSR count). The van der Waals surface area contributed by atoms with Crippen molar-refractivity contribution >= 4 is 70.6 Å². The molecule has 0 spiro atoms. The number of halogens is 2. The summed E-state index contributed by atoms with van der Waals surface area (Å²) >= 11 is 14.2. The van der Waals surface area contributed by atoms with Crippen LogP contribution >= 0.6 is 23.2 Å². The van der Waals surface area contributed by atoms with Crippen LogP contribution in [-0.2, 0) is 60.8 Å². The molecule has 0 aromatic heterocycles. The zero-order chi connectivity index (χ0) is 86.5. The van der Waals surface area contributed by atoms with Gasteiger partial charge in [0.05, 0.1) is 22.7 Å². The normalized spacial score (nSPS) is 26.4. The number of carboxylic acid groups (broad SMARTS) is 2. The number of aliphatic hydroxyl groups is 7. The molecule has 9 aromatic rings. The lowest BCUT2D eigenvalue weighted by Crippen LogP contribution is -2.65. The molecule has 17 bridgehead atoms. The number of phenols is 4. The molecule has 2 saturated heterocycles. The molecule has 122 heavy (non-hydrogen) atoms. The van der Waals surface area contributed by atoms with Crippen LogP contribution in [0.5, 0.6) is 69.0 Å². The van der Waals surface area contributed by atoms with Crippen LogP contribution < -0.4 is 66.2 Å². The molecule has 8 aliphatic heterocycles. The first-order valence-corrected chi connectivity index (χ1v) is 38.5. The number of carbonyl (C=O) groups excluding carboxylic acids is 6. The second-order valence-corrected chi connectivity index (χ2v) is 30.2. The minimum Gasteiger partial charge on any atom is -0.508 e. The highest BCUT2D eigenvalue weighted by Crippen LogP contribution is 2.51. The Hall–Kier alpha value is -12.9. The number of aromatic hydroxyl groups is 4. The molecule has 21 N–H and O–H groups in total. The zero-order valence-electron chi connectivity index (χ0n) is 63.4. The van der Waals surface area contributed by atoms with Gasteiger partial charge in [0.1, 0.15) is 119 Å². The van der Waals surface area contributed by atoms with Crippen molar-refractivity contribution in [2.24, 2.45) is 0 Å². The number of carboxylic acids is 2. The van der Waals surface area contributed by atoms with E-state index in [4.69, 9.17) is 56.4 Å². The van der Waals surface area contributed by atoms with Gasteiger partial charge in [0, 0.05) is 47.4 Å². The maximum atomic E-state index is 16.7. The number of phenolic OH excluding ortho intramolecular Hbond substituents is 4. The number of fused-ring (bicyclic) bond motifs is 14. The summed E-state index contributed by atoms with van der Waals surface area (Å²) in [5.74, 6) is -18.4. The molecule has 9 aromatic carbocycles. The summed E-state index contributed by atoms with van der Waals surface area (Å²) in [4.78, 5) is 122. The van der Waals surface area contributed by atoms with Gasteiger partial charge in [-0.05, 0) is 124 Å². The molecule has 6 amide bonds. The monoisotopic (exact) mass is 1710 g/mol. The summed E-state index contributed by atoms with van der Waals surface area (Å²) in [5, 5.41) is 168. The van der Waals surface area contributed by atoms with Gasteiger partial charge in [0.25, 0.3) is 0 Å². The number of amides is 6. The van der Waals surface area contributed by atoms with E-state index < -0.39 is 265 Å². The van der Waals surface area contributed by atoms with Crippen molar-refractivity contribution in [1.29, 1.82) is 0 Å². The lowest BCUT2D eigenvalue weighted by atomic mass is 9.89. The topological polar surface area (TPSA) is 560 Å². The Morgan fingerprint density at radius 2 is 1.16 bits per heavy atom. The number of nitrogens with one attached hydrogen (secondary N) is 8. The SMILES string of the molecule is CNC1C(=O)NC2Cc3ccc(cc3)Oc3cc4cc(c3O[C@@H]3O[C@H](C(=O)O)[C@@H](O)[C@H](O)[C@H]3NCc3ccc(-c5ccccc5)cc3)Oc3ccc(cc3Cl)C(O)C3NC(=O)C(NC(=O)C4NC(=O)C(NC2=O)c2cc(cc(O)c2Cl)Oc2cc1ccc2O)c1ccc(O)c(c1)-c1c(OC2O[C@H](CO)[C@@H](O)[C@H](O)[C@@H]2O)cc(O)cc1C(C(=O)O)NC3=O. The van der Waals surface area contributed by atoms with Gasteiger partial charge in [-0.25, -0.2) is 9.59 Å². The summed E-state index contributed by atoms with van der Waals surface area (Å²) in [6, 6.07) is 21.6. The Morgan fingerprint density at radius 1 is 0.508 bits per heavy atom. The molecular weight excluding hydrogens is 1640 g/mol. The molecule has 9 unspecified atom stereocenters. The first kappa shape index (κ1) is 84.1. The van der Waals surface area contributed by atoms with Gasteiger partial charge in [0.2, 0.25) is 53.8 Å². The standard InChI is InChI=1S/C84H76Cl2N8O28/c1-87-60-38-14-19-50(98)53(24-38)117-43-29-46(59(86)51(99)30-43)63-79(110)91-62-40-25-55(116-42-16-9-33(10-17-42)21-48(75(106)92-63)89-76(60)107)73(121-83-66(69(102)71(104)74(122-83)82(114)115)88-31-34-7-11-36(12-8-34)35-5-3-2-4-6-35)56(26-40)118-52-20-15-39(23-47(52)85)67(100)65-80(111)93-64(81(112)113)45-27-41(96)28-54(119-84-72(105)70(103)68(101)57(32-95)120-84)58(45)44-22-37(13-18-49(44)97)61(77(108)94-65)90-78(62)109/h2-20,22-30,48,57,60-72,74,83-84,87-88,95-105H,21,31-32H2,1H3,(H,89,107)(H,90,109)(H,91,110)(H,92,106)(H,93,111)(H,94,108)(H,112,113)(H,114,115)/t48?,57-,60?,61?,62?,63?,64?,65?,66-,67?,68-,69-,70+,71+,72+,74+,83-,84?/m1/s1. The van der Waals surface area contributed by atoms with Crippen molar-refractivity contribution in [3.05, 3.63) is 224 Å². The molecule has 38 heteroatoms. The van der Waals surface area contributed by atoms with Gasteiger partial charge in [-0.3, -0.25) is 28.8 Å². The van der Waals surface area contributed by atoms with Gasteiger partial charge >= 0.3 is 11.9 Å². The van der Waals surface area contributed by atoms with E-state index in [1.54, 1.807) is 12.1 Å². The minimum atomic E-state index is -2.44. The summed E-state index contributed by atoms with van der Waals surface area (Å²) in [5.41, 5.74) is -0.857. The van der Waals surface area contributed by atoms with E-state index in [1.807, 2.05) is 42.5 Å². The van der Waals surface area contributed by atoms with Crippen LogP contribution in [-0.4, -0.2) is 201 Å². The minimum absolute atomic E-state index is 0.122. The lowest BCUT2D eigenvalue weighted by molar-refractivity contribution is -0.277. The molecule has 18 atom stereocenters. The Morgan fingerprint density at radius 3 is 1.85 bits per heavy atom. The quantitative estimate of drug-likeness (QED) is 0.0828. The molecule has 0 aliphatic carbocycles. The van der Waals surface area contributed by atoms with Gasteiger partial charge in [0.15, 0.2) is 35.1 Å². The van der Waals surface area contributed by atoms with Crippen LogP contribution in [0.3, 0.4) is 0 Å². The summed E-state index contributed by atoms with van der Waals surface area (Å²) in [6.07, 6.45) is -21.3. The third kappa shape index (κ3) is 16.9. The van der Waals surface area contributed by atoms with Crippen molar-refractivity contribution in [2.45, 2.75) is 123 Å². The van der Waals surface area contributed by atoms with Gasteiger partial charge < -0.3 is 142 Å². The molecule has 2 fully saturated rings. The maximum absolute atomic E-state index is 16.7. The predicted molar refractivity (Wildman–Crippen MR) is 422 cm³/mol. The highest BCUT2D eigenvalue weighted by atomic mass is 35.5. The Kier molecular flexibility index (Phi) is 23.9. The van der Waals surface area contributed by atoms with Crippen LogP contribution in [0.2, 0.25) is 10.0 Å². The number of benzene rings is 9. The fraction of sp³-hybridized carbons (Fsp3) is 0.262. The number of ether oxygens (including phenoxy) is 7. The fourth-order valence-corrected chi connectivity index (χ4v) is 15.6. The molecule has 0 saturated carbocycles. The smallest absolute Gasteiger partial charge is 0.335 e. The van der Waals surface area contributed by atoms with Crippen LogP contribution in [0, 0.1) is 0 Å². The number of rotatable bonds is 12. The summed E-state index contributed by atoms with van der Waals surface area (Å²) in [7, 11) is 1.42. The largest absolute Gasteiger partial charge is 0.508 e. The zero-order valence-corrected chi connectivity index (χ0v) is 64.9. The van der Waals surface area contributed by atoms with E-state index in [1.165, 1.54) is 49.5 Å². The van der Waals surface area contributed by atoms with Crippen LogP contribution in [0.15, 0.2) is 170 Å². The third-order valence-electron chi connectivity index (χ3n) is 21.5. The first-order chi connectivity index (χ1) is 58.4. The molecule has 36 nitrogen and oxygen atoms in total. The Balaban J connectivity index is 0.954. The number of carbonyl (C=O) groups is 8. The average Bonchev–Trinajstić information content (AvgIpc) is 0.759. The lowest BCUT2D eigenvalue weighted by Gasteiger charge is -2.41. The Labute approximate surface area is 699 Å². The molecule has 634 valence electrons. The Bertz CT molecular complexity index is 5620. The van der Waals surface area contributed by atoms with Crippen LogP contribution in [0.1, 0.15) is 80.8 Å².